The van der Waals surface area contributed by atoms with E-state index in [1.165, 1.54) is 5.56 Å². The number of hydrogen-bond donors (Lipinski definition) is 1. The highest BCUT2D eigenvalue weighted by Crippen LogP contribution is 2.17. The molecule has 4 heteroatoms. The minimum absolute atomic E-state index is 0.485. The molecule has 0 saturated carbocycles. The zero-order chi connectivity index (χ0) is 13.0. The first kappa shape index (κ1) is 12.8. The summed E-state index contributed by atoms with van der Waals surface area (Å²) in [4.78, 5) is 4.41. The molecule has 1 aromatic heterocycles. The maximum absolute atomic E-state index is 5.58. The molecule has 2 N–H and O–H groups in total. The predicted molar refractivity (Wildman–Crippen MR) is 71.0 cm³/mol. The van der Waals surface area contributed by atoms with Crippen LogP contribution in [0.25, 0.3) is 11.4 Å². The van der Waals surface area contributed by atoms with Gasteiger partial charge in [0.15, 0.2) is 0 Å². The Hall–Kier alpha value is -1.68. The molecule has 18 heavy (non-hydrogen) atoms. The SMILES string of the molecule is Cc1cccc(-c2noc(CCC(C)CN)n2)c1. The maximum Gasteiger partial charge on any atom is 0.226 e. The monoisotopic (exact) mass is 245 g/mol. The molecule has 2 aromatic rings. The van der Waals surface area contributed by atoms with Gasteiger partial charge in [-0.3, -0.25) is 0 Å². The first-order valence-electron chi connectivity index (χ1n) is 6.28. The summed E-state index contributed by atoms with van der Waals surface area (Å²) in [6.45, 7) is 4.87. The van der Waals surface area contributed by atoms with E-state index in [9.17, 15) is 0 Å². The molecule has 2 rings (SSSR count). The number of aromatic nitrogens is 2. The van der Waals surface area contributed by atoms with Gasteiger partial charge in [-0.1, -0.05) is 35.8 Å². The number of nitrogens with two attached hydrogens (primary N) is 1. The van der Waals surface area contributed by atoms with Crippen LogP contribution in [0.1, 0.15) is 24.8 Å². The van der Waals surface area contributed by atoms with Crippen molar-refractivity contribution in [2.75, 3.05) is 6.54 Å². The first-order valence-corrected chi connectivity index (χ1v) is 6.28. The highest BCUT2D eigenvalue weighted by Gasteiger charge is 2.09. The molecular weight excluding hydrogens is 226 g/mol. The molecule has 0 bridgehead atoms. The van der Waals surface area contributed by atoms with Crippen LogP contribution in [0.3, 0.4) is 0 Å². The Labute approximate surface area is 107 Å². The van der Waals surface area contributed by atoms with Crippen molar-refractivity contribution in [2.24, 2.45) is 11.7 Å². The third-order valence-corrected chi connectivity index (χ3v) is 3.00. The maximum atomic E-state index is 5.58. The van der Waals surface area contributed by atoms with Crippen molar-refractivity contribution >= 4 is 0 Å². The largest absolute Gasteiger partial charge is 0.339 e. The van der Waals surface area contributed by atoms with Crippen LogP contribution >= 0.6 is 0 Å². The van der Waals surface area contributed by atoms with Gasteiger partial charge in [0, 0.05) is 12.0 Å². The second kappa shape index (κ2) is 5.78. The Balaban J connectivity index is 2.06. The summed E-state index contributed by atoms with van der Waals surface area (Å²) in [5.41, 5.74) is 7.77. The van der Waals surface area contributed by atoms with Gasteiger partial charge in [0.2, 0.25) is 11.7 Å². The molecular formula is C14H19N3O. The van der Waals surface area contributed by atoms with Gasteiger partial charge in [-0.25, -0.2) is 0 Å². The average Bonchev–Trinajstić information content (AvgIpc) is 2.84. The highest BCUT2D eigenvalue weighted by atomic mass is 16.5. The van der Waals surface area contributed by atoms with E-state index >= 15 is 0 Å². The molecule has 0 saturated heterocycles. The van der Waals surface area contributed by atoms with Crippen LogP contribution < -0.4 is 5.73 Å². The van der Waals surface area contributed by atoms with Crippen molar-refractivity contribution in [3.05, 3.63) is 35.7 Å². The number of hydrogen-bond acceptors (Lipinski definition) is 4. The van der Waals surface area contributed by atoms with E-state index in [-0.39, 0.29) is 0 Å². The van der Waals surface area contributed by atoms with Crippen molar-refractivity contribution in [3.63, 3.8) is 0 Å². The molecule has 0 radical (unpaired) electrons. The van der Waals surface area contributed by atoms with Crippen molar-refractivity contribution in [3.8, 4) is 11.4 Å². The molecule has 0 spiro atoms. The summed E-state index contributed by atoms with van der Waals surface area (Å²) in [7, 11) is 0. The molecule has 0 fully saturated rings. The van der Waals surface area contributed by atoms with Crippen LogP contribution in [-0.2, 0) is 6.42 Å². The zero-order valence-corrected chi connectivity index (χ0v) is 10.9. The fraction of sp³-hybridized carbons (Fsp3) is 0.429. The Morgan fingerprint density at radius 1 is 1.39 bits per heavy atom. The highest BCUT2D eigenvalue weighted by molar-refractivity contribution is 5.55. The molecule has 0 amide bonds. The normalized spacial score (nSPS) is 12.6. The molecule has 1 aromatic carbocycles. The van der Waals surface area contributed by atoms with Gasteiger partial charge in [-0.2, -0.15) is 4.98 Å². The Morgan fingerprint density at radius 3 is 2.94 bits per heavy atom. The van der Waals surface area contributed by atoms with Crippen LogP contribution in [0, 0.1) is 12.8 Å². The van der Waals surface area contributed by atoms with Gasteiger partial charge < -0.3 is 10.3 Å². The van der Waals surface area contributed by atoms with E-state index < -0.39 is 0 Å². The second-order valence-corrected chi connectivity index (χ2v) is 4.76. The lowest BCUT2D eigenvalue weighted by Gasteiger charge is -2.03. The summed E-state index contributed by atoms with van der Waals surface area (Å²) in [5.74, 6) is 1.83. The zero-order valence-electron chi connectivity index (χ0n) is 10.9. The molecule has 1 unspecified atom stereocenters. The van der Waals surface area contributed by atoms with Gasteiger partial charge in [-0.05, 0) is 31.9 Å². The number of benzene rings is 1. The summed E-state index contributed by atoms with van der Waals surface area (Å²) >= 11 is 0. The average molecular weight is 245 g/mol. The standard InChI is InChI=1S/C14H19N3O/c1-10-4-3-5-12(8-10)14-16-13(18-17-14)7-6-11(2)9-15/h3-5,8,11H,6-7,9,15H2,1-2H3. The molecule has 96 valence electrons. The van der Waals surface area contributed by atoms with Crippen molar-refractivity contribution in [1.29, 1.82) is 0 Å². The number of rotatable bonds is 5. The van der Waals surface area contributed by atoms with E-state index in [1.54, 1.807) is 0 Å². The Morgan fingerprint density at radius 2 is 2.22 bits per heavy atom. The fourth-order valence-electron chi connectivity index (χ4n) is 1.75. The minimum Gasteiger partial charge on any atom is -0.339 e. The lowest BCUT2D eigenvalue weighted by Crippen LogP contribution is -2.11. The number of aryl methyl sites for hydroxylation is 2. The van der Waals surface area contributed by atoms with Crippen LogP contribution in [0.2, 0.25) is 0 Å². The summed E-state index contributed by atoms with van der Waals surface area (Å²) in [6.07, 6.45) is 1.77. The van der Waals surface area contributed by atoms with Gasteiger partial charge in [-0.15, -0.1) is 0 Å². The molecule has 0 aliphatic heterocycles. The third-order valence-electron chi connectivity index (χ3n) is 3.00. The molecule has 1 atom stereocenters. The van der Waals surface area contributed by atoms with Crippen LogP contribution in [0.5, 0.6) is 0 Å². The molecule has 0 aliphatic rings. The quantitative estimate of drug-likeness (QED) is 0.879. The summed E-state index contributed by atoms with van der Waals surface area (Å²) < 4.78 is 5.25. The van der Waals surface area contributed by atoms with Crippen LogP contribution in [0.15, 0.2) is 28.8 Å². The summed E-state index contributed by atoms with van der Waals surface area (Å²) in [5, 5.41) is 4.01. The first-order chi connectivity index (χ1) is 8.69. The second-order valence-electron chi connectivity index (χ2n) is 4.76. The van der Waals surface area contributed by atoms with Crippen molar-refractivity contribution in [2.45, 2.75) is 26.7 Å². The predicted octanol–water partition coefficient (Wildman–Crippen LogP) is 2.57. The van der Waals surface area contributed by atoms with E-state index in [1.807, 2.05) is 25.1 Å². The van der Waals surface area contributed by atoms with Gasteiger partial charge in [0.25, 0.3) is 0 Å². The van der Waals surface area contributed by atoms with Crippen LogP contribution in [0.4, 0.5) is 0 Å². The minimum atomic E-state index is 0.485. The van der Waals surface area contributed by atoms with Gasteiger partial charge in [0.05, 0.1) is 0 Å². The smallest absolute Gasteiger partial charge is 0.226 e. The lowest BCUT2D eigenvalue weighted by atomic mass is 10.1. The van der Waals surface area contributed by atoms with Gasteiger partial charge in [0.1, 0.15) is 0 Å². The third kappa shape index (κ3) is 3.17. The molecule has 4 nitrogen and oxygen atoms in total. The topological polar surface area (TPSA) is 64.9 Å². The van der Waals surface area contributed by atoms with Crippen molar-refractivity contribution < 1.29 is 4.52 Å². The number of nitrogens with zero attached hydrogens (tertiary/aromatic N) is 2. The Kier molecular flexibility index (Phi) is 4.10. The van der Waals surface area contributed by atoms with Gasteiger partial charge >= 0.3 is 0 Å². The van der Waals surface area contributed by atoms with E-state index in [0.717, 1.165) is 18.4 Å². The van der Waals surface area contributed by atoms with Crippen LogP contribution in [-0.4, -0.2) is 16.7 Å². The van der Waals surface area contributed by atoms with Crippen molar-refractivity contribution in [1.82, 2.24) is 10.1 Å². The van der Waals surface area contributed by atoms with E-state index in [0.29, 0.717) is 24.2 Å². The van der Waals surface area contributed by atoms with E-state index in [4.69, 9.17) is 10.3 Å². The lowest BCUT2D eigenvalue weighted by molar-refractivity contribution is 0.366. The molecule has 1 heterocycles. The molecule has 0 aliphatic carbocycles. The Bertz CT molecular complexity index is 507. The fourth-order valence-corrected chi connectivity index (χ4v) is 1.75. The van der Waals surface area contributed by atoms with E-state index in [2.05, 4.69) is 23.1 Å². The summed E-state index contributed by atoms with van der Waals surface area (Å²) in [6, 6.07) is 8.09.